The standard InChI is InChI=1S/C38H29N5O5S2/c1-24-33(37(45)48-23-25-10-5-3-6-11-25)35(26-16-18-31(49-2)19-17-26)42-36(44)32(50-38(42)39-24)21-28-22-41(29-13-7-4-8-14-29)40-34(28)27-12-9-15-30(20-27)43(46)47/h3-22,35H,23H2,1-2H3. The molecule has 2 aromatic heterocycles. The van der Waals surface area contributed by atoms with Crippen molar-refractivity contribution >= 4 is 40.8 Å². The van der Waals surface area contributed by atoms with E-state index in [2.05, 4.69) is 0 Å². The molecule has 1 aliphatic heterocycles. The van der Waals surface area contributed by atoms with Crippen molar-refractivity contribution < 1.29 is 14.5 Å². The second kappa shape index (κ2) is 13.9. The zero-order valence-electron chi connectivity index (χ0n) is 26.9. The highest BCUT2D eigenvalue weighted by molar-refractivity contribution is 7.98. The summed E-state index contributed by atoms with van der Waals surface area (Å²) in [4.78, 5) is 45.6. The van der Waals surface area contributed by atoms with Crippen LogP contribution in [0.25, 0.3) is 23.0 Å². The molecule has 4 aromatic carbocycles. The molecule has 0 radical (unpaired) electrons. The Morgan fingerprint density at radius 3 is 2.42 bits per heavy atom. The number of aromatic nitrogens is 3. The molecule has 6 aromatic rings. The van der Waals surface area contributed by atoms with E-state index in [1.165, 1.54) is 23.5 Å². The number of thiazole rings is 1. The number of nitrogens with zero attached hydrogens (tertiary/aromatic N) is 5. The molecule has 0 amide bonds. The summed E-state index contributed by atoms with van der Waals surface area (Å²) in [5.74, 6) is -0.555. The molecule has 0 aliphatic carbocycles. The van der Waals surface area contributed by atoms with Gasteiger partial charge >= 0.3 is 5.97 Å². The predicted octanol–water partition coefficient (Wildman–Crippen LogP) is 6.46. The number of nitro benzene ring substituents is 1. The van der Waals surface area contributed by atoms with E-state index in [0.29, 0.717) is 31.9 Å². The fraction of sp³-hybridized carbons (Fsp3) is 0.105. The smallest absolute Gasteiger partial charge is 0.338 e. The third-order valence-corrected chi connectivity index (χ3v) is 9.99. The van der Waals surface area contributed by atoms with Crippen molar-refractivity contribution in [3.05, 3.63) is 173 Å². The maximum absolute atomic E-state index is 14.4. The molecule has 0 N–H and O–H groups in total. The van der Waals surface area contributed by atoms with Crippen molar-refractivity contribution in [2.75, 3.05) is 6.26 Å². The van der Waals surface area contributed by atoms with Crippen LogP contribution < -0.4 is 14.9 Å². The fourth-order valence-electron chi connectivity index (χ4n) is 5.82. The van der Waals surface area contributed by atoms with Crippen LogP contribution in [0.5, 0.6) is 0 Å². The average molecular weight is 700 g/mol. The van der Waals surface area contributed by atoms with Crippen molar-refractivity contribution in [1.29, 1.82) is 0 Å². The lowest BCUT2D eigenvalue weighted by molar-refractivity contribution is -0.384. The molecule has 1 atom stereocenters. The van der Waals surface area contributed by atoms with E-state index < -0.39 is 16.9 Å². The van der Waals surface area contributed by atoms with Crippen LogP contribution in [0.2, 0.25) is 0 Å². The molecule has 1 aliphatic rings. The van der Waals surface area contributed by atoms with Gasteiger partial charge in [0.05, 0.1) is 32.5 Å². The van der Waals surface area contributed by atoms with Gasteiger partial charge in [-0.2, -0.15) is 5.10 Å². The first-order valence-corrected chi connectivity index (χ1v) is 17.6. The number of hydrogen-bond acceptors (Lipinski definition) is 9. The lowest BCUT2D eigenvalue weighted by Crippen LogP contribution is -2.39. The van der Waals surface area contributed by atoms with Gasteiger partial charge in [-0.1, -0.05) is 84.1 Å². The third-order valence-electron chi connectivity index (χ3n) is 8.27. The second-order valence-electron chi connectivity index (χ2n) is 11.4. The number of ether oxygens (including phenoxy) is 1. The van der Waals surface area contributed by atoms with Gasteiger partial charge in [0.2, 0.25) is 0 Å². The van der Waals surface area contributed by atoms with Crippen LogP contribution in [0, 0.1) is 10.1 Å². The Hall–Kier alpha value is -5.85. The fourth-order valence-corrected chi connectivity index (χ4v) is 7.27. The number of non-ortho nitro benzene ring substituents is 1. The molecule has 0 saturated carbocycles. The number of carbonyl (C=O) groups is 1. The quantitative estimate of drug-likeness (QED) is 0.0735. The minimum Gasteiger partial charge on any atom is -0.457 e. The zero-order chi connectivity index (χ0) is 34.8. The van der Waals surface area contributed by atoms with E-state index in [0.717, 1.165) is 21.7 Å². The molecule has 0 bridgehead atoms. The normalized spacial score (nSPS) is 14.3. The van der Waals surface area contributed by atoms with Crippen molar-refractivity contribution in [2.45, 2.75) is 24.5 Å². The number of nitro groups is 1. The largest absolute Gasteiger partial charge is 0.457 e. The number of benzene rings is 4. The monoisotopic (exact) mass is 699 g/mol. The van der Waals surface area contributed by atoms with Crippen molar-refractivity contribution in [2.24, 2.45) is 4.99 Å². The van der Waals surface area contributed by atoms with Gasteiger partial charge in [0.15, 0.2) is 4.80 Å². The van der Waals surface area contributed by atoms with Crippen LogP contribution in [0.4, 0.5) is 5.69 Å². The third kappa shape index (κ3) is 6.46. The summed E-state index contributed by atoms with van der Waals surface area (Å²) < 4.78 is 9.38. The highest BCUT2D eigenvalue weighted by Gasteiger charge is 2.33. The second-order valence-corrected chi connectivity index (χ2v) is 13.3. The summed E-state index contributed by atoms with van der Waals surface area (Å²) >= 11 is 2.80. The molecule has 248 valence electrons. The minimum atomic E-state index is -0.782. The molecule has 0 spiro atoms. The lowest BCUT2D eigenvalue weighted by Gasteiger charge is -2.25. The van der Waals surface area contributed by atoms with Gasteiger partial charge in [-0.3, -0.25) is 19.5 Å². The molecule has 0 saturated heterocycles. The summed E-state index contributed by atoms with van der Waals surface area (Å²) in [7, 11) is 0. The Labute approximate surface area is 294 Å². The highest BCUT2D eigenvalue weighted by Crippen LogP contribution is 2.32. The van der Waals surface area contributed by atoms with E-state index in [-0.39, 0.29) is 23.4 Å². The molecular formula is C38H29N5O5S2. The number of hydrogen-bond donors (Lipinski definition) is 0. The average Bonchev–Trinajstić information content (AvgIpc) is 3.71. The number of esters is 1. The Bertz CT molecular complexity index is 2450. The zero-order valence-corrected chi connectivity index (χ0v) is 28.6. The number of para-hydroxylation sites is 1. The summed E-state index contributed by atoms with van der Waals surface area (Å²) in [6.45, 7) is 1.83. The van der Waals surface area contributed by atoms with E-state index >= 15 is 0 Å². The molecule has 1 unspecified atom stereocenters. The van der Waals surface area contributed by atoms with E-state index in [4.69, 9.17) is 14.8 Å². The van der Waals surface area contributed by atoms with Gasteiger partial charge in [-0.05, 0) is 54.6 Å². The van der Waals surface area contributed by atoms with E-state index in [1.54, 1.807) is 52.3 Å². The molecule has 3 heterocycles. The summed E-state index contributed by atoms with van der Waals surface area (Å²) in [6.07, 6.45) is 5.50. The Morgan fingerprint density at radius 1 is 1.00 bits per heavy atom. The highest BCUT2D eigenvalue weighted by atomic mass is 32.2. The minimum absolute atomic E-state index is 0.0725. The van der Waals surface area contributed by atoms with Gasteiger partial charge < -0.3 is 4.74 Å². The summed E-state index contributed by atoms with van der Waals surface area (Å²) in [6, 6.07) is 32.1. The molecular weight excluding hydrogens is 671 g/mol. The van der Waals surface area contributed by atoms with Crippen LogP contribution in [-0.2, 0) is 16.1 Å². The topological polar surface area (TPSA) is 122 Å². The summed E-state index contributed by atoms with van der Waals surface area (Å²) in [5.41, 5.74) is 4.27. The van der Waals surface area contributed by atoms with Crippen LogP contribution in [0.3, 0.4) is 0 Å². The number of allylic oxidation sites excluding steroid dienone is 1. The predicted molar refractivity (Wildman–Crippen MR) is 194 cm³/mol. The van der Waals surface area contributed by atoms with E-state index in [9.17, 15) is 19.7 Å². The van der Waals surface area contributed by atoms with Crippen molar-refractivity contribution in [1.82, 2.24) is 14.3 Å². The van der Waals surface area contributed by atoms with Crippen molar-refractivity contribution in [3.8, 4) is 16.9 Å². The Kier molecular flexibility index (Phi) is 9.11. The first kappa shape index (κ1) is 32.7. The first-order valence-electron chi connectivity index (χ1n) is 15.6. The van der Waals surface area contributed by atoms with Gasteiger partial charge in [-0.25, -0.2) is 14.5 Å². The van der Waals surface area contributed by atoms with Crippen LogP contribution >= 0.6 is 23.1 Å². The molecule has 0 fully saturated rings. The number of rotatable bonds is 9. The molecule has 12 heteroatoms. The van der Waals surface area contributed by atoms with Crippen LogP contribution in [0.15, 0.2) is 141 Å². The van der Waals surface area contributed by atoms with Gasteiger partial charge in [0.25, 0.3) is 11.2 Å². The SMILES string of the molecule is CSc1ccc(C2C(C(=O)OCc3ccccc3)=C(C)N=c3sc(=Cc4cn(-c5ccccc5)nc4-c4cccc([N+](=O)[O-])c4)c(=O)n32)cc1. The van der Waals surface area contributed by atoms with Gasteiger partial charge in [0.1, 0.15) is 12.3 Å². The molecule has 50 heavy (non-hydrogen) atoms. The number of fused-ring (bicyclic) bond motifs is 1. The van der Waals surface area contributed by atoms with Gasteiger partial charge in [-0.15, -0.1) is 11.8 Å². The maximum atomic E-state index is 14.4. The van der Waals surface area contributed by atoms with Crippen molar-refractivity contribution in [3.63, 3.8) is 0 Å². The molecule has 7 rings (SSSR count). The van der Waals surface area contributed by atoms with Gasteiger partial charge in [0, 0.05) is 34.4 Å². The van der Waals surface area contributed by atoms with Crippen LogP contribution in [-0.4, -0.2) is 31.5 Å². The summed E-state index contributed by atoms with van der Waals surface area (Å²) in [5, 5.41) is 16.4. The van der Waals surface area contributed by atoms with E-state index in [1.807, 2.05) is 91.2 Å². The van der Waals surface area contributed by atoms with Crippen LogP contribution in [0.1, 0.15) is 29.7 Å². The number of thioether (sulfide) groups is 1. The molecule has 10 nitrogen and oxygen atoms in total. The maximum Gasteiger partial charge on any atom is 0.338 e. The first-order chi connectivity index (χ1) is 24.3. The lowest BCUT2D eigenvalue weighted by atomic mass is 9.96. The number of carbonyl (C=O) groups excluding carboxylic acids is 1. The Morgan fingerprint density at radius 2 is 1.72 bits per heavy atom. The Balaban J connectivity index is 1.37.